The summed E-state index contributed by atoms with van der Waals surface area (Å²) in [7, 11) is 0. The first-order chi connectivity index (χ1) is 26.3. The summed E-state index contributed by atoms with van der Waals surface area (Å²) in [5, 5.41) is 9.83. The first-order valence-corrected chi connectivity index (χ1v) is 18.8. The second-order valence-corrected chi connectivity index (χ2v) is 14.7. The van der Waals surface area contributed by atoms with Gasteiger partial charge in [-0.05, 0) is 74.6 Å². The summed E-state index contributed by atoms with van der Waals surface area (Å²) in [6, 6.07) is 67.8. The molecule has 0 radical (unpaired) electrons. The van der Waals surface area contributed by atoms with E-state index >= 15 is 0 Å². The number of hydrogen-bond donors (Lipinski definition) is 0. The second kappa shape index (κ2) is 11.9. The molecule has 0 saturated carbocycles. The predicted octanol–water partition coefficient (Wildman–Crippen LogP) is 15.1. The number of fused-ring (bicyclic) bond motifs is 9. The normalized spacial score (nSPS) is 11.8. The van der Waals surface area contributed by atoms with Gasteiger partial charge in [-0.25, -0.2) is 0 Å². The van der Waals surface area contributed by atoms with Gasteiger partial charge in [-0.2, -0.15) is 0 Å². The Bertz CT molecular complexity index is 3170. The topological polar surface area (TPSA) is 16.4 Å². The second-order valence-electron chi connectivity index (χ2n) is 13.7. The van der Waals surface area contributed by atoms with Crippen LogP contribution in [0.5, 0.6) is 0 Å². The molecular weight excluding hydrogens is 663 g/mol. The zero-order chi connectivity index (χ0) is 34.9. The third-order valence-electron chi connectivity index (χ3n) is 10.7. The number of nitrogens with zero attached hydrogens (tertiary/aromatic N) is 1. The fourth-order valence-corrected chi connectivity index (χ4v) is 9.34. The maximum absolute atomic E-state index is 6.99. The molecule has 0 atom stereocenters. The molecule has 0 fully saturated rings. The lowest BCUT2D eigenvalue weighted by atomic mass is 9.97. The first-order valence-electron chi connectivity index (χ1n) is 18.0. The molecule has 0 aliphatic heterocycles. The van der Waals surface area contributed by atoms with Gasteiger partial charge in [-0.3, -0.25) is 0 Å². The van der Waals surface area contributed by atoms with Gasteiger partial charge in [-0.15, -0.1) is 11.3 Å². The average molecular weight is 694 g/mol. The Labute approximate surface area is 310 Å². The lowest BCUT2D eigenvalue weighted by molar-refractivity contribution is 0.670. The highest BCUT2D eigenvalue weighted by Crippen LogP contribution is 2.48. The van der Waals surface area contributed by atoms with Crippen molar-refractivity contribution in [1.29, 1.82) is 0 Å². The van der Waals surface area contributed by atoms with Gasteiger partial charge < -0.3 is 9.32 Å². The van der Waals surface area contributed by atoms with Crippen LogP contribution in [0.4, 0.5) is 17.1 Å². The molecule has 9 aromatic carbocycles. The van der Waals surface area contributed by atoms with E-state index in [1.807, 2.05) is 11.3 Å². The summed E-state index contributed by atoms with van der Waals surface area (Å²) in [6.07, 6.45) is 0. The van der Waals surface area contributed by atoms with Crippen molar-refractivity contribution in [2.45, 2.75) is 0 Å². The van der Waals surface area contributed by atoms with Crippen molar-refractivity contribution in [3.63, 3.8) is 0 Å². The third kappa shape index (κ3) is 4.78. The number of rotatable bonds is 5. The van der Waals surface area contributed by atoms with E-state index in [0.29, 0.717) is 0 Å². The maximum atomic E-state index is 6.99. The minimum absolute atomic E-state index is 0.870. The Morgan fingerprint density at radius 1 is 0.377 bits per heavy atom. The van der Waals surface area contributed by atoms with Gasteiger partial charge >= 0.3 is 0 Å². The zero-order valence-electron chi connectivity index (χ0n) is 28.7. The van der Waals surface area contributed by atoms with Crippen LogP contribution in [-0.2, 0) is 0 Å². The molecule has 2 heterocycles. The summed E-state index contributed by atoms with van der Waals surface area (Å²) >= 11 is 1.85. The van der Waals surface area contributed by atoms with E-state index in [9.17, 15) is 0 Å². The standard InChI is InChI=1S/C50H31NOS/c1-2-11-33(12-3-1)40-16-8-17-42-43-18-9-20-45(49(43)52-48(40)42)51(46-21-10-19-44-41-15-6-7-22-47(41)53-50(44)46)37-28-25-32(26-29-37)35-27-30-39-36(31-35)24-23-34-13-4-5-14-38(34)39/h1-31H. The van der Waals surface area contributed by atoms with Crippen LogP contribution in [-0.4, -0.2) is 0 Å². The number of para-hydroxylation sites is 2. The number of furan rings is 1. The minimum Gasteiger partial charge on any atom is -0.453 e. The Balaban J connectivity index is 1.11. The Morgan fingerprint density at radius 3 is 1.89 bits per heavy atom. The first kappa shape index (κ1) is 30.0. The van der Waals surface area contributed by atoms with Crippen LogP contribution in [0.25, 0.3) is 85.9 Å². The largest absolute Gasteiger partial charge is 0.453 e. The maximum Gasteiger partial charge on any atom is 0.159 e. The zero-order valence-corrected chi connectivity index (χ0v) is 29.5. The summed E-state index contributed by atoms with van der Waals surface area (Å²) in [6.45, 7) is 0. The Kier molecular flexibility index (Phi) is 6.76. The number of thiophene rings is 1. The molecule has 11 aromatic rings. The highest BCUT2D eigenvalue weighted by atomic mass is 32.1. The van der Waals surface area contributed by atoms with Crippen molar-refractivity contribution in [1.82, 2.24) is 0 Å². The molecule has 0 N–H and O–H groups in total. The van der Waals surface area contributed by atoms with Crippen LogP contribution < -0.4 is 4.90 Å². The van der Waals surface area contributed by atoms with Gasteiger partial charge in [0, 0.05) is 37.5 Å². The van der Waals surface area contributed by atoms with Crippen molar-refractivity contribution < 1.29 is 4.42 Å². The van der Waals surface area contributed by atoms with Crippen LogP contribution in [0, 0.1) is 0 Å². The third-order valence-corrected chi connectivity index (χ3v) is 11.9. The monoisotopic (exact) mass is 693 g/mol. The van der Waals surface area contributed by atoms with Crippen molar-refractivity contribution in [2.24, 2.45) is 0 Å². The minimum atomic E-state index is 0.870. The predicted molar refractivity (Wildman–Crippen MR) is 227 cm³/mol. The van der Waals surface area contributed by atoms with E-state index in [1.165, 1.54) is 52.8 Å². The molecule has 0 saturated heterocycles. The summed E-state index contributed by atoms with van der Waals surface area (Å²) in [5.41, 5.74) is 9.60. The highest BCUT2D eigenvalue weighted by Gasteiger charge is 2.23. The van der Waals surface area contributed by atoms with Crippen LogP contribution >= 0.6 is 11.3 Å². The fourth-order valence-electron chi connectivity index (χ4n) is 8.14. The quantitative estimate of drug-likeness (QED) is 0.167. The van der Waals surface area contributed by atoms with Crippen molar-refractivity contribution in [3.05, 3.63) is 188 Å². The van der Waals surface area contributed by atoms with Gasteiger partial charge in [0.25, 0.3) is 0 Å². The van der Waals surface area contributed by atoms with Gasteiger partial charge in [0.1, 0.15) is 5.58 Å². The number of anilines is 3. The summed E-state index contributed by atoms with van der Waals surface area (Å²) < 4.78 is 9.52. The van der Waals surface area contributed by atoms with E-state index in [0.717, 1.165) is 50.1 Å². The lowest BCUT2D eigenvalue weighted by Crippen LogP contribution is -2.10. The van der Waals surface area contributed by atoms with Gasteiger partial charge in [0.2, 0.25) is 0 Å². The number of hydrogen-bond acceptors (Lipinski definition) is 3. The Morgan fingerprint density at radius 2 is 1.02 bits per heavy atom. The molecule has 2 nitrogen and oxygen atoms in total. The summed E-state index contributed by atoms with van der Waals surface area (Å²) in [4.78, 5) is 2.39. The van der Waals surface area contributed by atoms with Crippen molar-refractivity contribution >= 4 is 92.1 Å². The van der Waals surface area contributed by atoms with Gasteiger partial charge in [0.15, 0.2) is 5.58 Å². The summed E-state index contributed by atoms with van der Waals surface area (Å²) in [5.74, 6) is 0. The van der Waals surface area contributed by atoms with Crippen molar-refractivity contribution in [3.8, 4) is 22.3 Å². The molecule has 248 valence electrons. The highest BCUT2D eigenvalue weighted by molar-refractivity contribution is 7.26. The average Bonchev–Trinajstić information content (AvgIpc) is 3.81. The smallest absolute Gasteiger partial charge is 0.159 e. The van der Waals surface area contributed by atoms with Crippen LogP contribution in [0.2, 0.25) is 0 Å². The van der Waals surface area contributed by atoms with E-state index < -0.39 is 0 Å². The van der Waals surface area contributed by atoms with E-state index in [2.05, 4.69) is 193 Å². The molecule has 0 spiro atoms. The molecule has 2 aromatic heterocycles. The Hall–Kier alpha value is -6.68. The molecular formula is C50H31NOS. The SMILES string of the molecule is c1ccc(-c2cccc3c2oc2c(N(c4ccc(-c5ccc6c(ccc7ccccc76)c5)cc4)c4cccc5c4sc4ccccc45)cccc23)cc1. The fraction of sp³-hybridized carbons (Fsp3) is 0. The molecule has 53 heavy (non-hydrogen) atoms. The molecule has 0 unspecified atom stereocenters. The number of benzene rings is 9. The van der Waals surface area contributed by atoms with Gasteiger partial charge in [-0.1, -0.05) is 152 Å². The van der Waals surface area contributed by atoms with E-state index in [1.54, 1.807) is 0 Å². The van der Waals surface area contributed by atoms with Crippen LogP contribution in [0.15, 0.2) is 192 Å². The molecule has 0 amide bonds. The lowest BCUT2D eigenvalue weighted by Gasteiger charge is -2.26. The molecule has 0 aliphatic rings. The molecule has 0 aliphatic carbocycles. The molecule has 3 heteroatoms. The van der Waals surface area contributed by atoms with Crippen LogP contribution in [0.1, 0.15) is 0 Å². The van der Waals surface area contributed by atoms with E-state index in [4.69, 9.17) is 4.42 Å². The van der Waals surface area contributed by atoms with E-state index in [-0.39, 0.29) is 0 Å². The molecule has 11 rings (SSSR count). The van der Waals surface area contributed by atoms with Crippen LogP contribution in [0.3, 0.4) is 0 Å². The molecule has 0 bridgehead atoms. The van der Waals surface area contributed by atoms with Gasteiger partial charge in [0.05, 0.1) is 16.1 Å². The van der Waals surface area contributed by atoms with Crippen molar-refractivity contribution in [2.75, 3.05) is 4.90 Å².